The van der Waals surface area contributed by atoms with Crippen LogP contribution in [0, 0.1) is 0 Å². The molecular formula is C22H27N3O5S. The molecule has 3 rings (SSSR count). The number of carbonyl (C=O) groups excluding carboxylic acids is 1. The number of nitrogens with zero attached hydrogens (tertiary/aromatic N) is 1. The van der Waals surface area contributed by atoms with Crippen molar-refractivity contribution >= 4 is 15.9 Å². The number of hydrogen-bond acceptors (Lipinski definition) is 6. The Morgan fingerprint density at radius 1 is 1.29 bits per heavy atom. The third kappa shape index (κ3) is 4.58. The molecule has 2 aromatic carbocycles. The van der Waals surface area contributed by atoms with E-state index in [0.29, 0.717) is 23.5 Å². The lowest BCUT2D eigenvalue weighted by Crippen LogP contribution is -2.60. The quantitative estimate of drug-likeness (QED) is 0.562. The van der Waals surface area contributed by atoms with Crippen LogP contribution < -0.4 is 15.8 Å². The number of sulfone groups is 1. The monoisotopic (exact) mass is 445 g/mol. The Balaban J connectivity index is 1.99. The number of amides is 2. The minimum absolute atomic E-state index is 0.0270. The van der Waals surface area contributed by atoms with Crippen LogP contribution in [-0.4, -0.2) is 42.2 Å². The van der Waals surface area contributed by atoms with Gasteiger partial charge in [-0.2, -0.15) is 5.06 Å². The van der Waals surface area contributed by atoms with Crippen molar-refractivity contribution in [3.8, 4) is 11.5 Å². The van der Waals surface area contributed by atoms with E-state index in [9.17, 15) is 18.4 Å². The summed E-state index contributed by atoms with van der Waals surface area (Å²) in [6.45, 7) is 5.25. The Kier molecular flexibility index (Phi) is 6.68. The summed E-state index contributed by atoms with van der Waals surface area (Å²) in [6, 6.07) is 14.6. The topological polar surface area (TPSA) is 122 Å². The van der Waals surface area contributed by atoms with Gasteiger partial charge in [-0.15, -0.1) is 6.58 Å². The van der Waals surface area contributed by atoms with Gasteiger partial charge in [-0.1, -0.05) is 42.5 Å². The number of hydroxylamine groups is 2. The molecule has 0 aliphatic carbocycles. The third-order valence-electron chi connectivity index (χ3n) is 5.56. The number of piperidine rings is 1. The number of hydrogen-bond donors (Lipinski definition) is 3. The number of para-hydroxylation sites is 2. The van der Waals surface area contributed by atoms with Crippen LogP contribution in [0.25, 0.3) is 0 Å². The Morgan fingerprint density at radius 3 is 2.58 bits per heavy atom. The van der Waals surface area contributed by atoms with Gasteiger partial charge in [-0.3, -0.25) is 0 Å². The Bertz CT molecular complexity index is 1040. The molecule has 0 spiro atoms. The van der Waals surface area contributed by atoms with Crippen molar-refractivity contribution in [3.05, 3.63) is 72.8 Å². The minimum Gasteiger partial charge on any atom is -0.457 e. The Labute approximate surface area is 182 Å². The summed E-state index contributed by atoms with van der Waals surface area (Å²) < 4.78 is 33.6. The Hall–Kier alpha value is -2.88. The molecule has 0 radical (unpaired) electrons. The number of nitrogens with one attached hydrogen (secondary N) is 1. The average molecular weight is 446 g/mol. The molecule has 1 heterocycles. The summed E-state index contributed by atoms with van der Waals surface area (Å²) >= 11 is 0. The molecule has 2 amide bonds. The molecule has 166 valence electrons. The first-order valence-electron chi connectivity index (χ1n) is 9.89. The first-order chi connectivity index (χ1) is 14.7. The molecule has 1 fully saturated rings. The van der Waals surface area contributed by atoms with Crippen molar-refractivity contribution < 1.29 is 23.2 Å². The maximum absolute atomic E-state index is 13.8. The summed E-state index contributed by atoms with van der Waals surface area (Å²) in [6.07, 6.45) is 1.67. The predicted molar refractivity (Wildman–Crippen MR) is 117 cm³/mol. The second-order valence-electron chi connectivity index (χ2n) is 7.65. The number of carbonyl (C=O) groups is 1. The van der Waals surface area contributed by atoms with Gasteiger partial charge in [-0.05, 0) is 31.5 Å². The zero-order chi connectivity index (χ0) is 22.6. The molecule has 0 aromatic heterocycles. The van der Waals surface area contributed by atoms with E-state index in [-0.39, 0.29) is 13.0 Å². The maximum atomic E-state index is 13.8. The van der Waals surface area contributed by atoms with Crippen molar-refractivity contribution in [2.45, 2.75) is 35.9 Å². The van der Waals surface area contributed by atoms with Crippen molar-refractivity contribution in [1.29, 1.82) is 0 Å². The minimum atomic E-state index is -4.07. The SMILES string of the molecule is C=CC(c1ccccc1Oc1ccccc1)S(=O)(=O)C1(C)CC(NC(N)=O)CCN1O. The fourth-order valence-corrected chi connectivity index (χ4v) is 6.03. The van der Waals surface area contributed by atoms with E-state index in [1.165, 1.54) is 13.0 Å². The molecule has 31 heavy (non-hydrogen) atoms. The molecule has 9 heteroatoms. The van der Waals surface area contributed by atoms with E-state index in [4.69, 9.17) is 10.5 Å². The molecular weight excluding hydrogens is 418 g/mol. The van der Waals surface area contributed by atoms with Gasteiger partial charge in [0.2, 0.25) is 0 Å². The molecule has 1 aliphatic heterocycles. The highest BCUT2D eigenvalue weighted by Gasteiger charge is 2.52. The third-order valence-corrected chi connectivity index (χ3v) is 8.28. The number of urea groups is 1. The van der Waals surface area contributed by atoms with Gasteiger partial charge in [0, 0.05) is 24.6 Å². The fraction of sp³-hybridized carbons (Fsp3) is 0.318. The van der Waals surface area contributed by atoms with Crippen LogP contribution >= 0.6 is 0 Å². The number of primary amides is 1. The normalized spacial score (nSPS) is 23.0. The van der Waals surface area contributed by atoms with Crippen LogP contribution in [0.5, 0.6) is 11.5 Å². The van der Waals surface area contributed by atoms with Gasteiger partial charge < -0.3 is 21.0 Å². The maximum Gasteiger partial charge on any atom is 0.312 e. The Morgan fingerprint density at radius 2 is 1.94 bits per heavy atom. The molecule has 3 unspecified atom stereocenters. The summed E-state index contributed by atoms with van der Waals surface area (Å²) in [5.74, 6) is 0.937. The van der Waals surface area contributed by atoms with Crippen LogP contribution in [0.1, 0.15) is 30.6 Å². The van der Waals surface area contributed by atoms with Gasteiger partial charge in [0.1, 0.15) is 21.6 Å². The van der Waals surface area contributed by atoms with Gasteiger partial charge >= 0.3 is 6.03 Å². The predicted octanol–water partition coefficient (Wildman–Crippen LogP) is 3.36. The van der Waals surface area contributed by atoms with E-state index in [0.717, 1.165) is 5.06 Å². The first kappa shape index (κ1) is 22.8. The molecule has 2 aromatic rings. The van der Waals surface area contributed by atoms with Crippen LogP contribution in [0.3, 0.4) is 0 Å². The van der Waals surface area contributed by atoms with E-state index < -0.39 is 32.0 Å². The summed E-state index contributed by atoms with van der Waals surface area (Å²) in [4.78, 5) is 9.62. The van der Waals surface area contributed by atoms with E-state index in [2.05, 4.69) is 11.9 Å². The van der Waals surface area contributed by atoms with Crippen molar-refractivity contribution in [1.82, 2.24) is 10.4 Å². The van der Waals surface area contributed by atoms with Crippen molar-refractivity contribution in [2.24, 2.45) is 5.73 Å². The molecule has 1 saturated heterocycles. The molecule has 4 N–H and O–H groups in total. The summed E-state index contributed by atoms with van der Waals surface area (Å²) in [5.41, 5.74) is 5.62. The van der Waals surface area contributed by atoms with Crippen LogP contribution in [0.4, 0.5) is 4.79 Å². The van der Waals surface area contributed by atoms with Gasteiger partial charge in [0.05, 0.1) is 0 Å². The number of ether oxygens (including phenoxy) is 1. The lowest BCUT2D eigenvalue weighted by atomic mass is 9.99. The summed E-state index contributed by atoms with van der Waals surface area (Å²) in [7, 11) is -4.07. The van der Waals surface area contributed by atoms with Gasteiger partial charge in [0.15, 0.2) is 9.84 Å². The lowest BCUT2D eigenvalue weighted by Gasteiger charge is -2.44. The van der Waals surface area contributed by atoms with Crippen molar-refractivity contribution in [2.75, 3.05) is 6.54 Å². The highest BCUT2D eigenvalue weighted by Crippen LogP contribution is 2.43. The number of rotatable bonds is 7. The van der Waals surface area contributed by atoms with E-state index in [1.54, 1.807) is 36.4 Å². The van der Waals surface area contributed by atoms with Crippen LogP contribution in [0.2, 0.25) is 0 Å². The second kappa shape index (κ2) is 9.09. The van der Waals surface area contributed by atoms with Gasteiger partial charge in [-0.25, -0.2) is 13.2 Å². The fourth-order valence-electron chi connectivity index (χ4n) is 3.89. The highest BCUT2D eigenvalue weighted by atomic mass is 32.2. The molecule has 3 atom stereocenters. The van der Waals surface area contributed by atoms with Crippen LogP contribution in [-0.2, 0) is 9.84 Å². The summed E-state index contributed by atoms with van der Waals surface area (Å²) in [5, 5.41) is 12.8. The van der Waals surface area contributed by atoms with E-state index >= 15 is 0 Å². The molecule has 1 aliphatic rings. The first-order valence-corrected chi connectivity index (χ1v) is 11.4. The highest BCUT2D eigenvalue weighted by molar-refractivity contribution is 7.93. The second-order valence-corrected chi connectivity index (χ2v) is 10.1. The van der Waals surface area contributed by atoms with Gasteiger partial charge in [0.25, 0.3) is 0 Å². The largest absolute Gasteiger partial charge is 0.457 e. The molecule has 0 saturated carbocycles. The number of nitrogens with two attached hydrogens (primary N) is 1. The van der Waals surface area contributed by atoms with Crippen LogP contribution in [0.15, 0.2) is 67.3 Å². The zero-order valence-electron chi connectivity index (χ0n) is 17.3. The zero-order valence-corrected chi connectivity index (χ0v) is 18.1. The van der Waals surface area contributed by atoms with E-state index in [1.807, 2.05) is 18.2 Å². The standard InChI is InChI=1S/C22H27N3O5S/c1-3-20(18-11-7-8-12-19(18)30-17-9-5-4-6-10-17)31(28,29)22(2)15-16(24-21(23)26)13-14-25(22)27/h3-12,16,20,27H,1,13-15H2,2H3,(H3,23,24,26). The molecule has 8 nitrogen and oxygen atoms in total. The lowest BCUT2D eigenvalue weighted by molar-refractivity contribution is -0.157. The molecule has 0 bridgehead atoms. The number of benzene rings is 2. The van der Waals surface area contributed by atoms with Crippen molar-refractivity contribution in [3.63, 3.8) is 0 Å². The average Bonchev–Trinajstić information content (AvgIpc) is 2.72. The smallest absolute Gasteiger partial charge is 0.312 e.